The van der Waals surface area contributed by atoms with Crippen LogP contribution in [0, 0.1) is 5.92 Å². The predicted molar refractivity (Wildman–Crippen MR) is 63.7 cm³/mol. The van der Waals surface area contributed by atoms with E-state index < -0.39 is 5.60 Å². The SMILES string of the molecule is CC(C)(C)OC(=O)[C@@H]1CC1c1cnc(Cl)cn1. The van der Waals surface area contributed by atoms with E-state index in [4.69, 9.17) is 16.3 Å². The fourth-order valence-corrected chi connectivity index (χ4v) is 1.77. The van der Waals surface area contributed by atoms with Gasteiger partial charge in [0, 0.05) is 5.92 Å². The minimum absolute atomic E-state index is 0.0790. The van der Waals surface area contributed by atoms with Gasteiger partial charge in [-0.25, -0.2) is 4.98 Å². The lowest BCUT2D eigenvalue weighted by molar-refractivity contribution is -0.156. The number of ether oxygens (including phenoxy) is 1. The van der Waals surface area contributed by atoms with Crippen LogP contribution >= 0.6 is 11.6 Å². The topological polar surface area (TPSA) is 52.1 Å². The molecule has 2 rings (SSSR count). The zero-order valence-corrected chi connectivity index (χ0v) is 10.9. The number of aromatic nitrogens is 2. The quantitative estimate of drug-likeness (QED) is 0.761. The molecule has 1 aromatic rings. The van der Waals surface area contributed by atoms with Crippen molar-refractivity contribution in [2.24, 2.45) is 5.92 Å². The van der Waals surface area contributed by atoms with Crippen LogP contribution < -0.4 is 0 Å². The lowest BCUT2D eigenvalue weighted by atomic mass is 10.2. The van der Waals surface area contributed by atoms with E-state index in [2.05, 4.69) is 9.97 Å². The van der Waals surface area contributed by atoms with Gasteiger partial charge in [0.15, 0.2) is 0 Å². The summed E-state index contributed by atoms with van der Waals surface area (Å²) in [7, 11) is 0. The Morgan fingerprint density at radius 1 is 1.41 bits per heavy atom. The van der Waals surface area contributed by atoms with Crippen molar-refractivity contribution in [2.75, 3.05) is 0 Å². The van der Waals surface area contributed by atoms with Gasteiger partial charge >= 0.3 is 5.97 Å². The molecule has 1 fully saturated rings. The number of halogens is 1. The Morgan fingerprint density at radius 3 is 2.65 bits per heavy atom. The van der Waals surface area contributed by atoms with Gasteiger partial charge in [-0.15, -0.1) is 0 Å². The number of carbonyl (C=O) groups excluding carboxylic acids is 1. The van der Waals surface area contributed by atoms with Crippen molar-refractivity contribution in [3.05, 3.63) is 23.2 Å². The highest BCUT2D eigenvalue weighted by atomic mass is 35.5. The van der Waals surface area contributed by atoms with E-state index in [1.165, 1.54) is 6.20 Å². The summed E-state index contributed by atoms with van der Waals surface area (Å²) in [5, 5.41) is 0.364. The normalized spacial score (nSPS) is 23.3. The van der Waals surface area contributed by atoms with Gasteiger partial charge in [0.2, 0.25) is 0 Å². The monoisotopic (exact) mass is 254 g/mol. The van der Waals surface area contributed by atoms with E-state index in [-0.39, 0.29) is 17.8 Å². The van der Waals surface area contributed by atoms with Crippen LogP contribution in [0.2, 0.25) is 5.15 Å². The summed E-state index contributed by atoms with van der Waals surface area (Å²) in [6, 6.07) is 0. The Labute approximate surface area is 105 Å². The minimum Gasteiger partial charge on any atom is -0.460 e. The summed E-state index contributed by atoms with van der Waals surface area (Å²) >= 11 is 5.66. The van der Waals surface area contributed by atoms with Crippen LogP contribution in [0.15, 0.2) is 12.4 Å². The fraction of sp³-hybridized carbons (Fsp3) is 0.583. The molecule has 4 nitrogen and oxygen atoms in total. The molecular formula is C12H15ClN2O2. The van der Waals surface area contributed by atoms with Gasteiger partial charge in [0.1, 0.15) is 10.8 Å². The van der Waals surface area contributed by atoms with Gasteiger partial charge in [-0.1, -0.05) is 11.6 Å². The van der Waals surface area contributed by atoms with Gasteiger partial charge in [-0.2, -0.15) is 0 Å². The Hall–Kier alpha value is -1.16. The lowest BCUT2D eigenvalue weighted by Crippen LogP contribution is -2.25. The molecule has 1 aromatic heterocycles. The first-order chi connectivity index (χ1) is 7.87. The van der Waals surface area contributed by atoms with Crippen LogP contribution in [0.3, 0.4) is 0 Å². The summed E-state index contributed by atoms with van der Waals surface area (Å²) in [5.74, 6) is -0.0985. The van der Waals surface area contributed by atoms with Crippen LogP contribution in [0.5, 0.6) is 0 Å². The maximum absolute atomic E-state index is 11.8. The molecule has 0 saturated heterocycles. The highest BCUT2D eigenvalue weighted by Crippen LogP contribution is 2.47. The molecule has 1 saturated carbocycles. The molecule has 1 aliphatic rings. The number of rotatable bonds is 2. The standard InChI is InChI=1S/C12H15ClN2O2/c1-12(2,3)17-11(16)8-4-7(8)9-5-15-10(13)6-14-9/h5-8H,4H2,1-3H3/t7?,8-/m1/s1. The van der Waals surface area contributed by atoms with E-state index in [9.17, 15) is 4.79 Å². The molecule has 0 spiro atoms. The fourth-order valence-electron chi connectivity index (χ4n) is 1.67. The smallest absolute Gasteiger partial charge is 0.310 e. The van der Waals surface area contributed by atoms with Gasteiger partial charge in [-0.05, 0) is 27.2 Å². The summed E-state index contributed by atoms with van der Waals surface area (Å²) in [4.78, 5) is 19.9. The molecule has 1 aliphatic carbocycles. The predicted octanol–water partition coefficient (Wildman–Crippen LogP) is 2.58. The summed E-state index contributed by atoms with van der Waals surface area (Å²) in [6.45, 7) is 5.60. The molecular weight excluding hydrogens is 240 g/mol. The number of hydrogen-bond acceptors (Lipinski definition) is 4. The molecule has 17 heavy (non-hydrogen) atoms. The third-order valence-electron chi connectivity index (χ3n) is 2.52. The summed E-state index contributed by atoms with van der Waals surface area (Å²) in [6.07, 6.45) is 3.91. The molecule has 0 aromatic carbocycles. The molecule has 92 valence electrons. The molecule has 0 amide bonds. The molecule has 1 heterocycles. The van der Waals surface area contributed by atoms with Gasteiger partial charge in [0.05, 0.1) is 24.0 Å². The van der Waals surface area contributed by atoms with Crippen LogP contribution in [0.4, 0.5) is 0 Å². The van der Waals surface area contributed by atoms with Crippen LogP contribution in [0.1, 0.15) is 38.8 Å². The zero-order chi connectivity index (χ0) is 12.6. The average Bonchev–Trinajstić information content (AvgIpc) is 2.96. The van der Waals surface area contributed by atoms with Gasteiger partial charge < -0.3 is 4.74 Å². The van der Waals surface area contributed by atoms with Gasteiger partial charge in [0.25, 0.3) is 0 Å². The van der Waals surface area contributed by atoms with E-state index in [1.807, 2.05) is 20.8 Å². The molecule has 1 unspecified atom stereocenters. The Bertz CT molecular complexity index is 425. The van der Waals surface area contributed by atoms with Crippen molar-refractivity contribution in [2.45, 2.75) is 38.7 Å². The maximum atomic E-state index is 11.8. The van der Waals surface area contributed by atoms with Crippen molar-refractivity contribution in [1.29, 1.82) is 0 Å². The Kier molecular flexibility index (Phi) is 3.08. The highest BCUT2D eigenvalue weighted by molar-refractivity contribution is 6.29. The molecule has 0 radical (unpaired) electrons. The van der Waals surface area contributed by atoms with Crippen LogP contribution in [-0.2, 0) is 9.53 Å². The maximum Gasteiger partial charge on any atom is 0.310 e. The lowest BCUT2D eigenvalue weighted by Gasteiger charge is -2.19. The molecule has 5 heteroatoms. The minimum atomic E-state index is -0.435. The molecule has 2 atom stereocenters. The van der Waals surface area contributed by atoms with E-state index >= 15 is 0 Å². The summed E-state index contributed by atoms with van der Waals surface area (Å²) in [5.41, 5.74) is 0.376. The number of esters is 1. The first kappa shape index (κ1) is 12.3. The van der Waals surface area contributed by atoms with Crippen LogP contribution in [0.25, 0.3) is 0 Å². The first-order valence-corrected chi connectivity index (χ1v) is 5.95. The second-order valence-corrected chi connectivity index (χ2v) is 5.63. The molecule has 0 aliphatic heterocycles. The number of hydrogen-bond donors (Lipinski definition) is 0. The van der Waals surface area contributed by atoms with Crippen molar-refractivity contribution in [1.82, 2.24) is 9.97 Å². The van der Waals surface area contributed by atoms with Crippen LogP contribution in [-0.4, -0.2) is 21.5 Å². The zero-order valence-electron chi connectivity index (χ0n) is 10.1. The van der Waals surface area contributed by atoms with E-state index in [0.29, 0.717) is 5.15 Å². The first-order valence-electron chi connectivity index (χ1n) is 5.57. The largest absolute Gasteiger partial charge is 0.460 e. The number of carbonyl (C=O) groups is 1. The molecule has 0 bridgehead atoms. The van der Waals surface area contributed by atoms with Crippen molar-refractivity contribution in [3.8, 4) is 0 Å². The second kappa shape index (κ2) is 4.26. The molecule has 0 N–H and O–H groups in total. The second-order valence-electron chi connectivity index (χ2n) is 5.25. The van der Waals surface area contributed by atoms with Gasteiger partial charge in [-0.3, -0.25) is 9.78 Å². The highest BCUT2D eigenvalue weighted by Gasteiger charge is 2.47. The van der Waals surface area contributed by atoms with Crippen molar-refractivity contribution < 1.29 is 9.53 Å². The van der Waals surface area contributed by atoms with Crippen molar-refractivity contribution in [3.63, 3.8) is 0 Å². The third-order valence-corrected chi connectivity index (χ3v) is 2.72. The Morgan fingerprint density at radius 2 is 2.12 bits per heavy atom. The van der Waals surface area contributed by atoms with Crippen molar-refractivity contribution >= 4 is 17.6 Å². The number of nitrogens with zero attached hydrogens (tertiary/aromatic N) is 2. The van der Waals surface area contributed by atoms with E-state index in [0.717, 1.165) is 12.1 Å². The summed E-state index contributed by atoms with van der Waals surface area (Å²) < 4.78 is 5.32. The third kappa shape index (κ3) is 3.16. The average molecular weight is 255 g/mol. The van der Waals surface area contributed by atoms with E-state index in [1.54, 1.807) is 6.20 Å². The Balaban J connectivity index is 1.96.